The quantitative estimate of drug-likeness (QED) is 0.672. The molecule has 0 saturated heterocycles. The van der Waals surface area contributed by atoms with E-state index in [0.29, 0.717) is 13.0 Å². The average Bonchev–Trinajstić information content (AvgIpc) is 1.61. The van der Waals surface area contributed by atoms with E-state index < -0.39 is 5.91 Å². The summed E-state index contributed by atoms with van der Waals surface area (Å²) >= 11 is 0. The Hall–Kier alpha value is 0.534. The van der Waals surface area contributed by atoms with Gasteiger partial charge in [-0.1, -0.05) is 0 Å². The Balaban J connectivity index is 0. The molecule has 0 bridgehead atoms. The van der Waals surface area contributed by atoms with Crippen LogP contribution in [-0.4, -0.2) is 31.4 Å². The second kappa shape index (κ2) is 6.65. The Bertz CT molecular complexity index is 85.0. The number of carbonyl (C=O) groups excluding carboxylic acids is 1. The van der Waals surface area contributed by atoms with Crippen LogP contribution in [0.5, 0.6) is 0 Å². The van der Waals surface area contributed by atoms with Crippen LogP contribution in [0.2, 0.25) is 0 Å². The molecule has 0 rings (SSSR count). The number of nitrogens with zero attached hydrogens (tertiary/aromatic N) is 1. The number of amides is 1. The molecule has 9 heavy (non-hydrogen) atoms. The molecule has 0 aromatic rings. The number of hydrogen-bond acceptors (Lipinski definition) is 2. The van der Waals surface area contributed by atoms with Crippen molar-refractivity contribution in [3.8, 4) is 0 Å². The van der Waals surface area contributed by atoms with Crippen LogP contribution >= 0.6 is 0 Å². The fourth-order valence-corrected chi connectivity index (χ4v) is 0.325. The first-order valence-corrected chi connectivity index (χ1v) is 2.52. The van der Waals surface area contributed by atoms with Gasteiger partial charge in [-0.15, -0.1) is 0 Å². The molecule has 0 aromatic heterocycles. The smallest absolute Gasteiger partial charge is 0.0500 e. The molecule has 1 N–H and O–H groups in total. The molecule has 0 unspecified atom stereocenters. The Kier molecular flexibility index (Phi) is 9.04. The van der Waals surface area contributed by atoms with Gasteiger partial charge in [-0.25, -0.2) is 0 Å². The van der Waals surface area contributed by atoms with Gasteiger partial charge in [0.2, 0.25) is 0 Å². The summed E-state index contributed by atoms with van der Waals surface area (Å²) in [4.78, 5) is 11.9. The molecule has 0 heterocycles. The maximum absolute atomic E-state index is 9.99. The van der Waals surface area contributed by atoms with Crippen LogP contribution in [0.25, 0.3) is 5.73 Å². The van der Waals surface area contributed by atoms with Crippen molar-refractivity contribution in [3.63, 3.8) is 0 Å². The molecule has 0 saturated carbocycles. The maximum atomic E-state index is 9.99. The molecule has 4 heteroatoms. The van der Waals surface area contributed by atoms with Crippen molar-refractivity contribution >= 4 is 5.91 Å². The molecule has 0 aliphatic heterocycles. The normalized spacial score (nSPS) is 8.78. The van der Waals surface area contributed by atoms with Crippen molar-refractivity contribution < 1.29 is 37.5 Å². The summed E-state index contributed by atoms with van der Waals surface area (Å²) in [7, 11) is 3.76. The average molecular weight is 204 g/mol. The zero-order valence-corrected chi connectivity index (χ0v) is 8.69. The van der Waals surface area contributed by atoms with Crippen molar-refractivity contribution in [2.24, 2.45) is 0 Å². The van der Waals surface area contributed by atoms with Crippen LogP contribution in [0, 0.1) is 0 Å². The summed E-state index contributed by atoms with van der Waals surface area (Å²) < 4.78 is 0. The van der Waals surface area contributed by atoms with Gasteiger partial charge in [0, 0.05) is 45.7 Å². The minimum Gasteiger partial charge on any atom is -0.668 e. The monoisotopic (exact) mass is 204 g/mol. The summed E-state index contributed by atoms with van der Waals surface area (Å²) in [6.07, 6.45) is 0.340. The van der Waals surface area contributed by atoms with E-state index in [2.05, 4.69) is 0 Å². The van der Waals surface area contributed by atoms with Crippen molar-refractivity contribution in [1.82, 2.24) is 4.90 Å². The van der Waals surface area contributed by atoms with E-state index >= 15 is 0 Å². The molecular weight excluding hydrogens is 193 g/mol. The molecule has 51 valence electrons. The van der Waals surface area contributed by atoms with Gasteiger partial charge in [-0.05, 0) is 14.1 Å². The molecular formula is C5H11N2OY-. The van der Waals surface area contributed by atoms with Gasteiger partial charge >= 0.3 is 0 Å². The molecule has 1 amide bonds. The predicted octanol–water partition coefficient (Wildman–Crippen LogP) is 0.514. The van der Waals surface area contributed by atoms with Gasteiger partial charge in [0.05, 0.1) is 5.91 Å². The van der Waals surface area contributed by atoms with Gasteiger partial charge < -0.3 is 15.4 Å². The summed E-state index contributed by atoms with van der Waals surface area (Å²) in [5.41, 5.74) is 6.51. The largest absolute Gasteiger partial charge is 0.668 e. The third-order valence-corrected chi connectivity index (χ3v) is 0.786. The third-order valence-electron chi connectivity index (χ3n) is 0.786. The second-order valence-electron chi connectivity index (χ2n) is 1.98. The standard InChI is InChI=1S/C5H12N2O.Y/c1-7(2)4-3-5(6)8;/h3-4H2,1-2H3,(H2,6,8);/p-1. The van der Waals surface area contributed by atoms with Crippen LogP contribution in [0.3, 0.4) is 0 Å². The minimum atomic E-state index is -0.487. The maximum Gasteiger partial charge on any atom is 0.0500 e. The number of hydrogen-bond donors (Lipinski definition) is 0. The summed E-state index contributed by atoms with van der Waals surface area (Å²) in [6.45, 7) is 0.683. The van der Waals surface area contributed by atoms with Crippen molar-refractivity contribution in [2.75, 3.05) is 20.6 Å². The topological polar surface area (TPSA) is 44.1 Å². The van der Waals surface area contributed by atoms with Crippen molar-refractivity contribution in [3.05, 3.63) is 5.73 Å². The molecule has 3 nitrogen and oxygen atoms in total. The SMILES string of the molecule is CN(C)CCC([NH-])=O.[Y]. The molecule has 0 aromatic carbocycles. The fourth-order valence-electron chi connectivity index (χ4n) is 0.325. The first-order valence-electron chi connectivity index (χ1n) is 2.52. The molecule has 0 atom stereocenters. The first kappa shape index (κ1) is 12.2. The van der Waals surface area contributed by atoms with Gasteiger partial charge in [-0.3, -0.25) is 0 Å². The number of carbonyl (C=O) groups is 1. The van der Waals surface area contributed by atoms with Crippen molar-refractivity contribution in [2.45, 2.75) is 6.42 Å². The van der Waals surface area contributed by atoms with Crippen LogP contribution in [0.4, 0.5) is 0 Å². The van der Waals surface area contributed by atoms with E-state index in [1.165, 1.54) is 0 Å². The fraction of sp³-hybridized carbons (Fsp3) is 0.800. The zero-order valence-electron chi connectivity index (χ0n) is 5.85. The molecule has 0 aliphatic carbocycles. The van der Waals surface area contributed by atoms with Crippen molar-refractivity contribution in [1.29, 1.82) is 0 Å². The Morgan fingerprint density at radius 3 is 2.11 bits per heavy atom. The molecule has 0 aliphatic rings. The van der Waals surface area contributed by atoms with E-state index in [1.807, 2.05) is 19.0 Å². The van der Waals surface area contributed by atoms with E-state index in [-0.39, 0.29) is 32.7 Å². The third kappa shape index (κ3) is 11.9. The number of rotatable bonds is 3. The summed E-state index contributed by atoms with van der Waals surface area (Å²) in [5.74, 6) is -0.487. The Labute approximate surface area is 80.8 Å². The Morgan fingerprint density at radius 1 is 1.56 bits per heavy atom. The van der Waals surface area contributed by atoms with E-state index in [1.54, 1.807) is 0 Å². The van der Waals surface area contributed by atoms with E-state index in [9.17, 15) is 4.79 Å². The summed E-state index contributed by atoms with van der Waals surface area (Å²) in [6, 6.07) is 0. The van der Waals surface area contributed by atoms with Crippen LogP contribution in [-0.2, 0) is 37.5 Å². The summed E-state index contributed by atoms with van der Waals surface area (Å²) in [5, 5.41) is 0. The zero-order chi connectivity index (χ0) is 6.57. The van der Waals surface area contributed by atoms with Gasteiger partial charge in [0.15, 0.2) is 0 Å². The van der Waals surface area contributed by atoms with Crippen LogP contribution in [0.1, 0.15) is 6.42 Å². The molecule has 1 radical (unpaired) electrons. The van der Waals surface area contributed by atoms with Crippen LogP contribution < -0.4 is 0 Å². The first-order chi connectivity index (χ1) is 3.63. The Morgan fingerprint density at radius 2 is 2.00 bits per heavy atom. The van der Waals surface area contributed by atoms with E-state index in [0.717, 1.165) is 0 Å². The van der Waals surface area contributed by atoms with E-state index in [4.69, 9.17) is 5.73 Å². The van der Waals surface area contributed by atoms with Gasteiger partial charge in [0.25, 0.3) is 0 Å². The molecule has 0 spiro atoms. The van der Waals surface area contributed by atoms with Gasteiger partial charge in [-0.2, -0.15) is 0 Å². The minimum absolute atomic E-state index is 0. The second-order valence-corrected chi connectivity index (χ2v) is 1.98. The molecule has 0 fully saturated rings. The van der Waals surface area contributed by atoms with Gasteiger partial charge in [0.1, 0.15) is 0 Å². The van der Waals surface area contributed by atoms with Crippen LogP contribution in [0.15, 0.2) is 0 Å². The number of nitrogens with one attached hydrogen (secondary N) is 1. The predicted molar refractivity (Wildman–Crippen MR) is 32.5 cm³/mol.